The Morgan fingerprint density at radius 1 is 1.58 bits per heavy atom. The zero-order chi connectivity index (χ0) is 14.5. The van der Waals surface area contributed by atoms with Gasteiger partial charge in [0.2, 0.25) is 0 Å². The van der Waals surface area contributed by atoms with Crippen molar-refractivity contribution in [3.63, 3.8) is 0 Å². The lowest BCUT2D eigenvalue weighted by Gasteiger charge is -2.40. The van der Waals surface area contributed by atoms with Gasteiger partial charge in [-0.15, -0.1) is 6.42 Å². The number of terminal acetylenes is 1. The summed E-state index contributed by atoms with van der Waals surface area (Å²) in [5.41, 5.74) is -0.802. The highest BCUT2D eigenvalue weighted by molar-refractivity contribution is 5.79. The normalized spacial score (nSPS) is 24.4. The fourth-order valence-corrected chi connectivity index (χ4v) is 2.59. The van der Waals surface area contributed by atoms with Crippen LogP contribution in [0.25, 0.3) is 0 Å². The second-order valence-electron chi connectivity index (χ2n) is 5.20. The number of carbonyl (C=O) groups excluding carboxylic acids is 1. The van der Waals surface area contributed by atoms with Gasteiger partial charge in [-0.05, 0) is 26.2 Å². The Morgan fingerprint density at radius 2 is 2.26 bits per heavy atom. The van der Waals surface area contributed by atoms with Gasteiger partial charge in [0, 0.05) is 13.1 Å². The highest BCUT2D eigenvalue weighted by Gasteiger charge is 2.42. The Balaban J connectivity index is 2.75. The number of likely N-dealkylation sites (tertiary alicyclic amines) is 1. The highest BCUT2D eigenvalue weighted by atomic mass is 16.4. The number of amides is 2. The van der Waals surface area contributed by atoms with Crippen LogP contribution in [-0.4, -0.2) is 41.1 Å². The molecule has 1 aliphatic heterocycles. The van der Waals surface area contributed by atoms with Crippen molar-refractivity contribution in [3.05, 3.63) is 0 Å². The summed E-state index contributed by atoms with van der Waals surface area (Å²) < 4.78 is 0. The molecule has 0 saturated carbocycles. The third-order valence-electron chi connectivity index (χ3n) is 3.64. The predicted molar refractivity (Wildman–Crippen MR) is 72.6 cm³/mol. The van der Waals surface area contributed by atoms with Crippen LogP contribution in [-0.2, 0) is 4.79 Å². The summed E-state index contributed by atoms with van der Waals surface area (Å²) >= 11 is 0. The fraction of sp³-hybridized carbons (Fsp3) is 0.714. The molecule has 5 heteroatoms. The maximum Gasteiger partial charge on any atom is 0.318 e. The van der Waals surface area contributed by atoms with Crippen LogP contribution in [0, 0.1) is 17.8 Å². The van der Waals surface area contributed by atoms with Crippen LogP contribution in [0.3, 0.4) is 0 Å². The van der Waals surface area contributed by atoms with Crippen molar-refractivity contribution in [2.45, 2.75) is 45.6 Å². The molecule has 1 fully saturated rings. The summed E-state index contributed by atoms with van der Waals surface area (Å²) in [6, 6.07) is -0.619. The lowest BCUT2D eigenvalue weighted by molar-refractivity contribution is -0.152. The first-order valence-electron chi connectivity index (χ1n) is 6.70. The number of aliphatic carboxylic acids is 1. The summed E-state index contributed by atoms with van der Waals surface area (Å²) in [5.74, 6) is 1.62. The van der Waals surface area contributed by atoms with Gasteiger partial charge in [0.25, 0.3) is 0 Å². The molecule has 0 bridgehead atoms. The van der Waals surface area contributed by atoms with Crippen LogP contribution < -0.4 is 5.32 Å². The minimum atomic E-state index is -0.808. The molecule has 2 amide bonds. The average Bonchev–Trinajstić information content (AvgIpc) is 2.39. The van der Waals surface area contributed by atoms with E-state index in [0.29, 0.717) is 25.8 Å². The first-order valence-corrected chi connectivity index (χ1v) is 6.70. The highest BCUT2D eigenvalue weighted by Crippen LogP contribution is 2.35. The summed E-state index contributed by atoms with van der Waals surface area (Å²) in [6.07, 6.45) is 7.95. The molecule has 2 atom stereocenters. The molecule has 1 heterocycles. The van der Waals surface area contributed by atoms with Gasteiger partial charge in [-0.1, -0.05) is 19.3 Å². The van der Waals surface area contributed by atoms with E-state index in [1.54, 1.807) is 11.8 Å². The fourth-order valence-electron chi connectivity index (χ4n) is 2.59. The van der Waals surface area contributed by atoms with Crippen molar-refractivity contribution in [2.75, 3.05) is 13.1 Å². The lowest BCUT2D eigenvalue weighted by Crippen LogP contribution is -2.53. The Kier molecular flexibility index (Phi) is 5.22. The molecule has 0 aromatic rings. The van der Waals surface area contributed by atoms with E-state index in [4.69, 9.17) is 6.42 Å². The van der Waals surface area contributed by atoms with Crippen molar-refractivity contribution in [1.29, 1.82) is 0 Å². The maximum atomic E-state index is 12.0. The largest absolute Gasteiger partial charge is 0.481 e. The molecule has 1 rings (SSSR count). The van der Waals surface area contributed by atoms with Gasteiger partial charge in [-0.3, -0.25) is 4.79 Å². The van der Waals surface area contributed by atoms with Crippen LogP contribution in [0.2, 0.25) is 0 Å². The number of carboxylic acid groups (broad SMARTS) is 1. The minimum absolute atomic E-state index is 0.263. The number of piperidine rings is 1. The average molecular weight is 266 g/mol. The standard InChI is InChI=1S/C14H22N2O3/c1-4-7-14(12(17)18)8-6-9-16(10-14)13(19)15-11(3)5-2/h2,11H,4,6-10H2,1,3H3,(H,15,19)(H,17,18). The number of nitrogens with zero attached hydrogens (tertiary/aromatic N) is 1. The molecule has 0 spiro atoms. The van der Waals surface area contributed by atoms with Gasteiger partial charge in [0.05, 0.1) is 11.5 Å². The molecule has 0 aromatic heterocycles. The molecule has 2 unspecified atom stereocenters. The molecule has 0 aliphatic carbocycles. The van der Waals surface area contributed by atoms with Crippen LogP contribution in [0.5, 0.6) is 0 Å². The quantitative estimate of drug-likeness (QED) is 0.761. The molecule has 0 aromatic carbocycles. The minimum Gasteiger partial charge on any atom is -0.481 e. The van der Waals surface area contributed by atoms with E-state index >= 15 is 0 Å². The first kappa shape index (κ1) is 15.4. The Labute approximate surface area is 114 Å². The van der Waals surface area contributed by atoms with Crippen molar-refractivity contribution < 1.29 is 14.7 Å². The molecule has 106 valence electrons. The van der Waals surface area contributed by atoms with Crippen LogP contribution in [0.1, 0.15) is 39.5 Å². The van der Waals surface area contributed by atoms with Crippen molar-refractivity contribution >= 4 is 12.0 Å². The van der Waals surface area contributed by atoms with Crippen LogP contribution in [0.4, 0.5) is 4.79 Å². The predicted octanol–water partition coefficient (Wildman–Crippen LogP) is 1.68. The third-order valence-corrected chi connectivity index (χ3v) is 3.64. The summed E-state index contributed by atoms with van der Waals surface area (Å²) in [5, 5.41) is 12.1. The number of nitrogens with one attached hydrogen (secondary N) is 1. The SMILES string of the molecule is C#CC(C)NC(=O)N1CCCC(CCC)(C(=O)O)C1. The summed E-state index contributed by atoms with van der Waals surface area (Å²) in [4.78, 5) is 25.1. The van der Waals surface area contributed by atoms with Gasteiger partial charge >= 0.3 is 12.0 Å². The molecule has 1 saturated heterocycles. The summed E-state index contributed by atoms with van der Waals surface area (Å²) in [6.45, 7) is 4.53. The number of hydrogen-bond donors (Lipinski definition) is 2. The number of urea groups is 1. The monoisotopic (exact) mass is 266 g/mol. The first-order chi connectivity index (χ1) is 8.95. The maximum absolute atomic E-state index is 12.0. The number of carboxylic acids is 1. The van der Waals surface area contributed by atoms with Gasteiger partial charge < -0.3 is 15.3 Å². The van der Waals surface area contributed by atoms with E-state index in [9.17, 15) is 14.7 Å². The Hall–Kier alpha value is -1.70. The van der Waals surface area contributed by atoms with Crippen LogP contribution in [0.15, 0.2) is 0 Å². The number of rotatable bonds is 4. The van der Waals surface area contributed by atoms with E-state index in [2.05, 4.69) is 11.2 Å². The molecular weight excluding hydrogens is 244 g/mol. The molecule has 2 N–H and O–H groups in total. The zero-order valence-corrected chi connectivity index (χ0v) is 11.6. The van der Waals surface area contributed by atoms with Gasteiger partial charge in [-0.2, -0.15) is 0 Å². The topological polar surface area (TPSA) is 69.6 Å². The van der Waals surface area contributed by atoms with Crippen molar-refractivity contribution in [1.82, 2.24) is 10.2 Å². The van der Waals surface area contributed by atoms with Gasteiger partial charge in [0.1, 0.15) is 0 Å². The molecule has 5 nitrogen and oxygen atoms in total. The number of carbonyl (C=O) groups is 2. The molecule has 19 heavy (non-hydrogen) atoms. The zero-order valence-electron chi connectivity index (χ0n) is 11.6. The lowest BCUT2D eigenvalue weighted by atomic mass is 9.76. The van der Waals surface area contributed by atoms with E-state index in [0.717, 1.165) is 6.42 Å². The molecule has 0 radical (unpaired) electrons. The van der Waals surface area contributed by atoms with E-state index < -0.39 is 11.4 Å². The Bertz CT molecular complexity index is 385. The second kappa shape index (κ2) is 6.46. The van der Waals surface area contributed by atoms with E-state index in [1.807, 2.05) is 6.92 Å². The third kappa shape index (κ3) is 3.63. The Morgan fingerprint density at radius 3 is 2.79 bits per heavy atom. The number of hydrogen-bond acceptors (Lipinski definition) is 2. The molecule has 1 aliphatic rings. The second-order valence-corrected chi connectivity index (χ2v) is 5.20. The van der Waals surface area contributed by atoms with Crippen molar-refractivity contribution in [2.24, 2.45) is 5.41 Å². The van der Waals surface area contributed by atoms with Crippen molar-refractivity contribution in [3.8, 4) is 12.3 Å². The van der Waals surface area contributed by atoms with E-state index in [-0.39, 0.29) is 18.6 Å². The molecular formula is C14H22N2O3. The van der Waals surface area contributed by atoms with Gasteiger partial charge in [-0.25, -0.2) is 4.79 Å². The van der Waals surface area contributed by atoms with E-state index in [1.165, 1.54) is 0 Å². The summed E-state index contributed by atoms with van der Waals surface area (Å²) in [7, 11) is 0. The van der Waals surface area contributed by atoms with Crippen LogP contribution >= 0.6 is 0 Å². The van der Waals surface area contributed by atoms with Gasteiger partial charge in [0.15, 0.2) is 0 Å². The smallest absolute Gasteiger partial charge is 0.318 e.